The predicted molar refractivity (Wildman–Crippen MR) is 89.8 cm³/mol. The molecule has 1 aromatic carbocycles. The van der Waals surface area contributed by atoms with E-state index in [2.05, 4.69) is 4.84 Å². The molecular weight excluding hydrogens is 463 g/mol. The zero-order valence-corrected chi connectivity index (χ0v) is 15.5. The number of nitrogens with one attached hydrogen (secondary N) is 2. The Morgan fingerprint density at radius 1 is 1.04 bits per heavy atom. The van der Waals surface area contributed by atoms with E-state index in [4.69, 9.17) is 40.5 Å². The smallest absolute Gasteiger partial charge is 0.285 e. The molecule has 0 aliphatic rings. The van der Waals surface area contributed by atoms with Gasteiger partial charge in [-0.15, -0.1) is 0 Å². The van der Waals surface area contributed by atoms with Gasteiger partial charge in [-0.25, -0.2) is 9.63 Å². The van der Waals surface area contributed by atoms with Crippen LogP contribution in [0.2, 0.25) is 0 Å². The Balaban J connectivity index is 3.01. The van der Waals surface area contributed by atoms with Gasteiger partial charge < -0.3 is 0 Å². The Hall–Kier alpha value is -2.11. The molecule has 0 radical (unpaired) electrons. The third kappa shape index (κ3) is 7.87. The second-order valence-corrected chi connectivity index (χ2v) is 6.15. The summed E-state index contributed by atoms with van der Waals surface area (Å²) in [6.45, 7) is 0. The van der Waals surface area contributed by atoms with Crippen molar-refractivity contribution in [2.45, 2.75) is 12.4 Å². The van der Waals surface area contributed by atoms with Crippen LogP contribution in [0.4, 0.5) is 31.1 Å². The van der Waals surface area contributed by atoms with Gasteiger partial charge in [-0.1, -0.05) is 40.0 Å². The Morgan fingerprint density at radius 3 is 1.96 bits per heavy atom. The molecule has 0 heterocycles. The van der Waals surface area contributed by atoms with Gasteiger partial charge in [0.05, 0.1) is 11.1 Å². The Morgan fingerprint density at radius 2 is 1.54 bits per heavy atom. The molecule has 1 amide bonds. The van der Waals surface area contributed by atoms with Crippen LogP contribution in [-0.2, 0) is 17.2 Å². The second-order valence-electron chi connectivity index (χ2n) is 4.82. The lowest BCUT2D eigenvalue weighted by atomic mass is 10.0. The molecule has 0 spiro atoms. The highest BCUT2D eigenvalue weighted by Crippen LogP contribution is 2.36. The van der Waals surface area contributed by atoms with Crippen molar-refractivity contribution in [2.24, 2.45) is 5.73 Å². The molecule has 0 aromatic heterocycles. The molecule has 5 nitrogen and oxygen atoms in total. The summed E-state index contributed by atoms with van der Waals surface area (Å²) in [5.74, 6) is -0.432. The number of hydrogen-bond acceptors (Lipinski definition) is 2. The summed E-state index contributed by atoms with van der Waals surface area (Å²) >= 11 is 15.9. The average Bonchev–Trinajstić information content (AvgIpc) is 2.56. The third-order valence-electron chi connectivity index (χ3n) is 2.70. The van der Waals surface area contributed by atoms with Crippen molar-refractivity contribution in [3.63, 3.8) is 0 Å². The highest BCUT2D eigenvalue weighted by molar-refractivity contribution is 6.59. The largest absolute Gasteiger partial charge is 0.457 e. The van der Waals surface area contributed by atoms with Crippen molar-refractivity contribution < 1.29 is 41.1 Å². The summed E-state index contributed by atoms with van der Waals surface area (Å²) in [5, 5.41) is 3.28. The first-order valence-electron chi connectivity index (χ1n) is 6.74. The molecule has 4 N–H and O–H groups in total. The van der Waals surface area contributed by atoms with Crippen molar-refractivity contribution in [1.82, 2.24) is 5.32 Å². The fraction of sp³-hybridized carbons (Fsp3) is 0.143. The van der Waals surface area contributed by atoms with E-state index in [0.717, 1.165) is 12.2 Å². The fourth-order valence-corrected chi connectivity index (χ4v) is 1.73. The fourth-order valence-electron chi connectivity index (χ4n) is 1.56. The van der Waals surface area contributed by atoms with Crippen LogP contribution < -0.4 is 16.2 Å². The van der Waals surface area contributed by atoms with Gasteiger partial charge in [0.15, 0.2) is 0 Å². The number of hydrogen-bond donors (Lipinski definition) is 3. The molecule has 28 heavy (non-hydrogen) atoms. The van der Waals surface area contributed by atoms with Crippen molar-refractivity contribution in [1.29, 1.82) is 0 Å². The Labute approximate surface area is 168 Å². The summed E-state index contributed by atoms with van der Waals surface area (Å²) in [5.41, 5.74) is 1.94. The standard InChI is InChI=1S/C14H8Cl3F6N3O2/c15-10(16)11(17)25-12(27)28-26-9(24)2-1-6-3-7(13(18,19)20)5-8(4-6)14(21,22)23/h1-5H,(H2,24,26)(H,25,27)/p+1/b2-1+. The third-order valence-corrected chi connectivity index (χ3v) is 3.56. The number of carbonyl (C=O) groups excluding carboxylic acids is 1. The van der Waals surface area contributed by atoms with Crippen LogP contribution in [0.5, 0.6) is 0 Å². The number of amidine groups is 1. The zero-order valence-electron chi connectivity index (χ0n) is 13.2. The van der Waals surface area contributed by atoms with E-state index in [1.54, 1.807) is 0 Å². The minimum absolute atomic E-state index is 0.0185. The summed E-state index contributed by atoms with van der Waals surface area (Å²) in [4.78, 5) is 15.6. The molecule has 0 aliphatic heterocycles. The molecule has 1 rings (SSSR count). The van der Waals surface area contributed by atoms with Crippen LogP contribution in [0.1, 0.15) is 16.7 Å². The molecule has 0 bridgehead atoms. The molecule has 0 saturated heterocycles. The first-order chi connectivity index (χ1) is 12.7. The van der Waals surface area contributed by atoms with E-state index in [-0.39, 0.29) is 6.07 Å². The number of alkyl halides is 6. The summed E-state index contributed by atoms with van der Waals surface area (Å²) in [7, 11) is 0. The van der Waals surface area contributed by atoms with Gasteiger partial charge in [0.25, 0.3) is 0 Å². The summed E-state index contributed by atoms with van der Waals surface area (Å²) in [6, 6.07) is 0.953. The lowest BCUT2D eigenvalue weighted by Gasteiger charge is -2.12. The van der Waals surface area contributed by atoms with Crippen molar-refractivity contribution in [3.05, 3.63) is 50.6 Å². The molecule has 0 fully saturated rings. The SMILES string of the molecule is NC(/C=C/c1cc(C(F)(F)F)cc(C(F)(F)F)c1)=[NH+]OC(=O)NC(Cl)=C(Cl)Cl. The molecule has 0 aliphatic carbocycles. The quantitative estimate of drug-likeness (QED) is 0.157. The first kappa shape index (κ1) is 23.9. The minimum Gasteiger partial charge on any atom is -0.285 e. The lowest BCUT2D eigenvalue weighted by molar-refractivity contribution is -0.721. The maximum absolute atomic E-state index is 12.8. The van der Waals surface area contributed by atoms with Crippen LogP contribution in [-0.4, -0.2) is 11.9 Å². The highest BCUT2D eigenvalue weighted by Gasteiger charge is 2.36. The molecule has 1 aromatic rings. The predicted octanol–water partition coefficient (Wildman–Crippen LogP) is 3.66. The van der Waals surface area contributed by atoms with E-state index in [9.17, 15) is 31.1 Å². The first-order valence-corrected chi connectivity index (χ1v) is 7.88. The number of nitrogens with two attached hydrogens (primary N) is 1. The van der Waals surface area contributed by atoms with Crippen molar-refractivity contribution in [3.8, 4) is 0 Å². The normalized spacial score (nSPS) is 12.8. The maximum atomic E-state index is 12.8. The van der Waals surface area contributed by atoms with Crippen LogP contribution >= 0.6 is 34.8 Å². The number of carbonyl (C=O) groups is 1. The van der Waals surface area contributed by atoms with Gasteiger partial charge in [-0.05, 0) is 29.8 Å². The van der Waals surface area contributed by atoms with Crippen LogP contribution in [0, 0.1) is 0 Å². The summed E-state index contributed by atoms with van der Waals surface area (Å²) in [6.07, 6.45) is -9.48. The van der Waals surface area contributed by atoms with Crippen molar-refractivity contribution >= 4 is 52.8 Å². The molecule has 0 unspecified atom stereocenters. The van der Waals surface area contributed by atoms with E-state index in [1.807, 2.05) is 10.5 Å². The number of amides is 1. The van der Waals surface area contributed by atoms with Gasteiger partial charge in [-0.3, -0.25) is 11.1 Å². The topological polar surface area (TPSA) is 78.3 Å². The molecule has 0 atom stereocenters. The van der Waals surface area contributed by atoms with Gasteiger partial charge >= 0.3 is 24.3 Å². The molecule has 154 valence electrons. The monoisotopic (exact) mass is 470 g/mol. The Bertz CT molecular complexity index is 798. The van der Waals surface area contributed by atoms with Gasteiger partial charge in [0, 0.05) is 6.08 Å². The highest BCUT2D eigenvalue weighted by atomic mass is 35.5. The van der Waals surface area contributed by atoms with Crippen molar-refractivity contribution in [2.75, 3.05) is 0 Å². The van der Waals surface area contributed by atoms with E-state index in [1.165, 1.54) is 0 Å². The van der Waals surface area contributed by atoms with E-state index >= 15 is 0 Å². The Kier molecular flexibility index (Phi) is 8.03. The maximum Gasteiger partial charge on any atom is 0.457 e. The van der Waals surface area contributed by atoms with E-state index < -0.39 is 50.6 Å². The number of halogens is 9. The van der Waals surface area contributed by atoms with Gasteiger partial charge in [0.1, 0.15) is 9.65 Å². The van der Waals surface area contributed by atoms with E-state index in [0.29, 0.717) is 12.1 Å². The van der Waals surface area contributed by atoms with Gasteiger partial charge in [0.2, 0.25) is 0 Å². The lowest BCUT2D eigenvalue weighted by Crippen LogP contribution is -2.75. The average molecular weight is 472 g/mol. The van der Waals surface area contributed by atoms with Gasteiger partial charge in [-0.2, -0.15) is 26.3 Å². The molecule has 14 heteroatoms. The van der Waals surface area contributed by atoms with Crippen LogP contribution in [0.25, 0.3) is 6.08 Å². The number of rotatable bonds is 4. The zero-order chi connectivity index (χ0) is 21.7. The second kappa shape index (κ2) is 9.39. The molecule has 0 saturated carbocycles. The number of benzene rings is 1. The van der Waals surface area contributed by atoms with Crippen LogP contribution in [0.3, 0.4) is 0 Å². The summed E-state index contributed by atoms with van der Waals surface area (Å²) < 4.78 is 76.2. The minimum atomic E-state index is -4.99. The molecular formula is C14H9Cl3F6N3O2+. The van der Waals surface area contributed by atoms with Crippen LogP contribution in [0.15, 0.2) is 33.9 Å².